The molecular weight excluding hydrogens is 379 g/mol. The van der Waals surface area contributed by atoms with E-state index in [0.717, 1.165) is 8.04 Å². The zero-order valence-electron chi connectivity index (χ0n) is 7.51. The number of hydrogen-bond donors (Lipinski definition) is 2. The second kappa shape index (κ2) is 4.80. The Labute approximate surface area is 106 Å². The molecule has 1 rings (SSSR count). The lowest BCUT2D eigenvalue weighted by molar-refractivity contribution is 0.679. The molecule has 1 unspecified atom stereocenters. The molecule has 1 atom stereocenters. The van der Waals surface area contributed by atoms with Crippen molar-refractivity contribution in [2.45, 2.75) is 6.92 Å². The molecule has 1 aromatic rings. The number of nitrogens with one attached hydrogen (secondary N) is 2. The van der Waals surface area contributed by atoms with Crippen LogP contribution in [0.3, 0.4) is 0 Å². The lowest BCUT2D eigenvalue weighted by Gasteiger charge is -2.09. The van der Waals surface area contributed by atoms with Gasteiger partial charge in [-0.05, 0) is 56.7 Å². The molecular formula is C8H10BrIN2OS. The predicted molar refractivity (Wildman–Crippen MR) is 71.9 cm³/mol. The van der Waals surface area contributed by atoms with Gasteiger partial charge in [0.15, 0.2) is 0 Å². The van der Waals surface area contributed by atoms with Crippen LogP contribution in [0.2, 0.25) is 0 Å². The highest BCUT2D eigenvalue weighted by Gasteiger charge is 2.04. The van der Waals surface area contributed by atoms with E-state index in [0.29, 0.717) is 11.4 Å². The van der Waals surface area contributed by atoms with Crippen LogP contribution in [0.15, 0.2) is 22.7 Å². The molecule has 0 aliphatic rings. The molecule has 0 saturated carbocycles. The van der Waals surface area contributed by atoms with Crippen molar-refractivity contribution in [3.8, 4) is 0 Å². The van der Waals surface area contributed by atoms with E-state index in [-0.39, 0.29) is 0 Å². The van der Waals surface area contributed by atoms with Crippen LogP contribution >= 0.6 is 38.5 Å². The monoisotopic (exact) mass is 388 g/mol. The van der Waals surface area contributed by atoms with Crippen molar-refractivity contribution in [2.75, 3.05) is 10.5 Å². The normalized spacial score (nSPS) is 14.8. The molecule has 0 aliphatic carbocycles. The fourth-order valence-corrected chi connectivity index (χ4v) is 2.19. The van der Waals surface area contributed by atoms with Gasteiger partial charge in [0.2, 0.25) is 0 Å². The highest BCUT2D eigenvalue weighted by molar-refractivity contribution is 14.1. The Balaban J connectivity index is 2.94. The first-order chi connectivity index (χ1) is 6.44. The van der Waals surface area contributed by atoms with Crippen molar-refractivity contribution in [3.05, 3.63) is 26.2 Å². The van der Waals surface area contributed by atoms with Crippen LogP contribution in [0.25, 0.3) is 0 Å². The molecule has 2 N–H and O–H groups in total. The number of hydrogen-bond acceptors (Lipinski definition) is 2. The van der Waals surface area contributed by atoms with Gasteiger partial charge in [-0.15, -0.1) is 0 Å². The SMILES string of the molecule is CCS(=N)(=O)Nc1ccc(I)c(Br)c1. The third-order valence-corrected chi connectivity index (χ3v) is 5.33. The summed E-state index contributed by atoms with van der Waals surface area (Å²) in [5, 5.41) is 0. The Morgan fingerprint density at radius 2 is 2.29 bits per heavy atom. The minimum absolute atomic E-state index is 0.302. The molecule has 14 heavy (non-hydrogen) atoms. The smallest absolute Gasteiger partial charge is 0.126 e. The molecule has 0 spiro atoms. The molecule has 78 valence electrons. The second-order valence-corrected chi connectivity index (χ2v) is 6.84. The number of anilines is 1. The largest absolute Gasteiger partial charge is 0.299 e. The van der Waals surface area contributed by atoms with Gasteiger partial charge in [-0.25, -0.2) is 8.99 Å². The van der Waals surface area contributed by atoms with Gasteiger partial charge in [-0.3, -0.25) is 4.72 Å². The predicted octanol–water partition coefficient (Wildman–Crippen LogP) is 3.45. The Hall–Kier alpha value is 0.180. The minimum atomic E-state index is -2.68. The quantitative estimate of drug-likeness (QED) is 0.765. The van der Waals surface area contributed by atoms with E-state index in [9.17, 15) is 4.21 Å². The molecule has 0 saturated heterocycles. The van der Waals surface area contributed by atoms with Gasteiger partial charge in [0.05, 0.1) is 0 Å². The van der Waals surface area contributed by atoms with E-state index in [2.05, 4.69) is 43.2 Å². The van der Waals surface area contributed by atoms with Crippen LogP contribution in [-0.2, 0) is 9.92 Å². The van der Waals surface area contributed by atoms with Gasteiger partial charge in [0, 0.05) is 19.5 Å². The third kappa shape index (κ3) is 3.39. The van der Waals surface area contributed by atoms with Crippen molar-refractivity contribution in [3.63, 3.8) is 0 Å². The Morgan fingerprint density at radius 3 is 2.79 bits per heavy atom. The molecule has 1 aromatic carbocycles. The van der Waals surface area contributed by atoms with Crippen LogP contribution in [0.4, 0.5) is 5.69 Å². The van der Waals surface area contributed by atoms with Gasteiger partial charge >= 0.3 is 0 Å². The summed E-state index contributed by atoms with van der Waals surface area (Å²) in [6.45, 7) is 1.73. The summed E-state index contributed by atoms with van der Waals surface area (Å²) < 4.78 is 23.6. The van der Waals surface area contributed by atoms with E-state index in [1.165, 1.54) is 0 Å². The average Bonchev–Trinajstić information content (AvgIpc) is 2.11. The Kier molecular flexibility index (Phi) is 4.20. The fourth-order valence-electron chi connectivity index (χ4n) is 0.822. The Bertz CT molecular complexity index is 433. The van der Waals surface area contributed by atoms with E-state index < -0.39 is 9.92 Å². The maximum Gasteiger partial charge on any atom is 0.126 e. The van der Waals surface area contributed by atoms with E-state index in [1.54, 1.807) is 6.92 Å². The molecule has 0 amide bonds. The molecule has 0 aliphatic heterocycles. The van der Waals surface area contributed by atoms with E-state index in [4.69, 9.17) is 4.78 Å². The van der Waals surface area contributed by atoms with Crippen molar-refractivity contribution >= 4 is 54.1 Å². The maximum absolute atomic E-state index is 11.5. The lowest BCUT2D eigenvalue weighted by atomic mass is 10.3. The highest BCUT2D eigenvalue weighted by atomic mass is 127. The molecule has 0 bridgehead atoms. The molecule has 0 aromatic heterocycles. The van der Waals surface area contributed by atoms with Crippen molar-refractivity contribution in [2.24, 2.45) is 0 Å². The first-order valence-corrected chi connectivity index (χ1v) is 7.54. The summed E-state index contributed by atoms with van der Waals surface area (Å²) in [6.07, 6.45) is 0. The summed E-state index contributed by atoms with van der Waals surface area (Å²) in [6, 6.07) is 5.54. The number of rotatable bonds is 3. The van der Waals surface area contributed by atoms with Crippen molar-refractivity contribution < 1.29 is 4.21 Å². The van der Waals surface area contributed by atoms with Crippen LogP contribution in [0.1, 0.15) is 6.92 Å². The standard InChI is InChI=1S/C8H10BrIN2OS/c1-2-14(11,13)12-6-3-4-8(10)7(9)5-6/h3-5H,2H2,1H3,(H2,11,12,13). The van der Waals surface area contributed by atoms with Gasteiger partial charge in [0.1, 0.15) is 9.92 Å². The highest BCUT2D eigenvalue weighted by Crippen LogP contribution is 2.23. The zero-order chi connectivity index (χ0) is 10.8. The second-order valence-electron chi connectivity index (χ2n) is 2.69. The average molecular weight is 389 g/mol. The molecule has 0 radical (unpaired) electrons. The van der Waals surface area contributed by atoms with Crippen molar-refractivity contribution in [1.82, 2.24) is 0 Å². The van der Waals surface area contributed by atoms with Crippen LogP contribution < -0.4 is 4.72 Å². The van der Waals surface area contributed by atoms with Gasteiger partial charge in [-0.1, -0.05) is 6.92 Å². The molecule has 3 nitrogen and oxygen atoms in total. The third-order valence-electron chi connectivity index (χ3n) is 1.61. The first kappa shape index (κ1) is 12.3. The summed E-state index contributed by atoms with van der Waals surface area (Å²) in [7, 11) is -2.68. The minimum Gasteiger partial charge on any atom is -0.299 e. The van der Waals surface area contributed by atoms with E-state index >= 15 is 0 Å². The van der Waals surface area contributed by atoms with Crippen LogP contribution in [0.5, 0.6) is 0 Å². The molecule has 6 heteroatoms. The summed E-state index contributed by atoms with van der Waals surface area (Å²) in [5.41, 5.74) is 0.708. The molecule has 0 fully saturated rings. The summed E-state index contributed by atoms with van der Waals surface area (Å²) >= 11 is 5.57. The number of halogens is 2. The van der Waals surface area contributed by atoms with Gasteiger partial charge < -0.3 is 0 Å². The lowest BCUT2D eigenvalue weighted by Crippen LogP contribution is -2.12. The first-order valence-electron chi connectivity index (χ1n) is 3.94. The topological polar surface area (TPSA) is 53.0 Å². The number of benzene rings is 1. The van der Waals surface area contributed by atoms with Crippen LogP contribution in [0, 0.1) is 8.35 Å². The van der Waals surface area contributed by atoms with Crippen molar-refractivity contribution in [1.29, 1.82) is 4.78 Å². The van der Waals surface area contributed by atoms with Gasteiger partial charge in [-0.2, -0.15) is 0 Å². The van der Waals surface area contributed by atoms with Gasteiger partial charge in [0.25, 0.3) is 0 Å². The molecule has 0 heterocycles. The zero-order valence-corrected chi connectivity index (χ0v) is 12.1. The Morgan fingerprint density at radius 1 is 1.64 bits per heavy atom. The van der Waals surface area contributed by atoms with Crippen LogP contribution in [-0.4, -0.2) is 9.96 Å². The summed E-state index contributed by atoms with van der Waals surface area (Å²) in [5.74, 6) is 0.302. The maximum atomic E-state index is 11.5. The fraction of sp³-hybridized carbons (Fsp3) is 0.250. The van der Waals surface area contributed by atoms with E-state index in [1.807, 2.05) is 18.2 Å². The summed E-state index contributed by atoms with van der Waals surface area (Å²) in [4.78, 5) is 0.